The average Bonchev–Trinajstić information content (AvgIpc) is 2.59. The van der Waals surface area contributed by atoms with E-state index < -0.39 is 0 Å². The van der Waals surface area contributed by atoms with E-state index in [1.165, 1.54) is 0 Å². The Balaban J connectivity index is 2.06. The molecule has 1 aromatic carbocycles. The molecule has 1 aliphatic heterocycles. The summed E-state index contributed by atoms with van der Waals surface area (Å²) >= 11 is 0. The molecule has 1 N–H and O–H groups in total. The van der Waals surface area contributed by atoms with Gasteiger partial charge in [0.1, 0.15) is 5.75 Å². The molecule has 1 amide bonds. The lowest BCUT2D eigenvalue weighted by atomic mass is 10.0. The quantitative estimate of drug-likeness (QED) is 0.887. The van der Waals surface area contributed by atoms with E-state index in [0.717, 1.165) is 43.6 Å². The van der Waals surface area contributed by atoms with Crippen LogP contribution in [0.5, 0.6) is 5.75 Å². The van der Waals surface area contributed by atoms with Crippen LogP contribution in [-0.4, -0.2) is 12.5 Å². The summed E-state index contributed by atoms with van der Waals surface area (Å²) in [5.74, 6) is 1.06. The van der Waals surface area contributed by atoms with Crippen molar-refractivity contribution in [3.8, 4) is 5.75 Å². The lowest BCUT2D eigenvalue weighted by molar-refractivity contribution is -0.122. The number of rotatable bonds is 4. The zero-order valence-corrected chi connectivity index (χ0v) is 10.9. The average molecular weight is 247 g/mol. The fourth-order valence-electron chi connectivity index (χ4n) is 2.28. The van der Waals surface area contributed by atoms with Crippen molar-refractivity contribution in [3.05, 3.63) is 29.8 Å². The van der Waals surface area contributed by atoms with Crippen LogP contribution in [0.15, 0.2) is 24.3 Å². The van der Waals surface area contributed by atoms with Gasteiger partial charge in [0.2, 0.25) is 5.91 Å². The van der Waals surface area contributed by atoms with Gasteiger partial charge in [-0.15, -0.1) is 0 Å². The molecule has 0 bridgehead atoms. The van der Waals surface area contributed by atoms with Crippen molar-refractivity contribution in [2.24, 2.45) is 0 Å². The van der Waals surface area contributed by atoms with Crippen molar-refractivity contribution in [2.45, 2.75) is 45.1 Å². The largest absolute Gasteiger partial charge is 0.493 e. The standard InChI is InChI=1S/C15H21NO2/c1-2-3-10-15(17)16-13-8-6-11-18-14-9-5-4-7-12(13)14/h4-5,7,9,13H,2-3,6,8,10-11H2,1H3,(H,16,17). The number of amides is 1. The zero-order chi connectivity index (χ0) is 12.8. The lowest BCUT2D eigenvalue weighted by Crippen LogP contribution is -2.28. The lowest BCUT2D eigenvalue weighted by Gasteiger charge is -2.18. The highest BCUT2D eigenvalue weighted by atomic mass is 16.5. The topological polar surface area (TPSA) is 38.3 Å². The van der Waals surface area contributed by atoms with Crippen LogP contribution in [0.4, 0.5) is 0 Å². The van der Waals surface area contributed by atoms with Gasteiger partial charge >= 0.3 is 0 Å². The van der Waals surface area contributed by atoms with Crippen molar-refractivity contribution in [2.75, 3.05) is 6.61 Å². The maximum atomic E-state index is 11.8. The molecule has 0 saturated heterocycles. The number of carbonyl (C=O) groups is 1. The van der Waals surface area contributed by atoms with Crippen molar-refractivity contribution in [1.29, 1.82) is 0 Å². The Labute approximate surface area is 109 Å². The van der Waals surface area contributed by atoms with Crippen molar-refractivity contribution >= 4 is 5.91 Å². The predicted octanol–water partition coefficient (Wildman–Crippen LogP) is 3.21. The fraction of sp³-hybridized carbons (Fsp3) is 0.533. The molecule has 0 radical (unpaired) electrons. The minimum absolute atomic E-state index is 0.105. The van der Waals surface area contributed by atoms with Crippen molar-refractivity contribution < 1.29 is 9.53 Å². The Bertz CT molecular complexity index is 403. The number of hydrogen-bond donors (Lipinski definition) is 1. The summed E-state index contributed by atoms with van der Waals surface area (Å²) in [6.45, 7) is 2.83. The SMILES string of the molecule is CCCCC(=O)NC1CCCOc2ccccc21. The fourth-order valence-corrected chi connectivity index (χ4v) is 2.28. The molecular formula is C15H21NO2. The number of hydrogen-bond acceptors (Lipinski definition) is 2. The summed E-state index contributed by atoms with van der Waals surface area (Å²) < 4.78 is 5.69. The molecule has 2 rings (SSSR count). The molecule has 1 aliphatic rings. The second kappa shape index (κ2) is 6.43. The summed E-state index contributed by atoms with van der Waals surface area (Å²) in [6, 6.07) is 8.10. The van der Waals surface area contributed by atoms with Gasteiger partial charge in [-0.25, -0.2) is 0 Å². The maximum absolute atomic E-state index is 11.8. The van der Waals surface area contributed by atoms with Gasteiger partial charge in [0.05, 0.1) is 12.6 Å². The zero-order valence-electron chi connectivity index (χ0n) is 10.9. The summed E-state index contributed by atoms with van der Waals surface area (Å²) in [4.78, 5) is 11.8. The number of nitrogens with one attached hydrogen (secondary N) is 1. The summed E-state index contributed by atoms with van der Waals surface area (Å²) in [6.07, 6.45) is 4.56. The van der Waals surface area contributed by atoms with Crippen LogP contribution in [0.25, 0.3) is 0 Å². The van der Waals surface area contributed by atoms with Gasteiger partial charge in [0, 0.05) is 12.0 Å². The minimum atomic E-state index is 0.105. The molecule has 1 atom stereocenters. The first-order valence-corrected chi connectivity index (χ1v) is 6.82. The van der Waals surface area contributed by atoms with E-state index in [-0.39, 0.29) is 11.9 Å². The van der Waals surface area contributed by atoms with E-state index in [4.69, 9.17) is 4.74 Å². The van der Waals surface area contributed by atoms with Gasteiger partial charge in [-0.2, -0.15) is 0 Å². The molecule has 18 heavy (non-hydrogen) atoms. The molecule has 3 heteroatoms. The highest BCUT2D eigenvalue weighted by Crippen LogP contribution is 2.31. The van der Waals surface area contributed by atoms with E-state index in [1.54, 1.807) is 0 Å². The van der Waals surface area contributed by atoms with Crippen LogP contribution in [0, 0.1) is 0 Å². The maximum Gasteiger partial charge on any atom is 0.220 e. The highest BCUT2D eigenvalue weighted by Gasteiger charge is 2.20. The van der Waals surface area contributed by atoms with E-state index in [9.17, 15) is 4.79 Å². The number of fused-ring (bicyclic) bond motifs is 1. The number of carbonyl (C=O) groups excluding carboxylic acids is 1. The van der Waals surface area contributed by atoms with Gasteiger partial charge < -0.3 is 10.1 Å². The molecule has 0 aromatic heterocycles. The van der Waals surface area contributed by atoms with Crippen LogP contribution in [0.3, 0.4) is 0 Å². The Hall–Kier alpha value is -1.51. The molecule has 0 spiro atoms. The summed E-state index contributed by atoms with van der Waals surface area (Å²) in [5, 5.41) is 3.13. The smallest absolute Gasteiger partial charge is 0.220 e. The minimum Gasteiger partial charge on any atom is -0.493 e. The van der Waals surface area contributed by atoms with Crippen LogP contribution < -0.4 is 10.1 Å². The first-order valence-electron chi connectivity index (χ1n) is 6.82. The number of unbranched alkanes of at least 4 members (excludes halogenated alkanes) is 1. The molecule has 1 unspecified atom stereocenters. The summed E-state index contributed by atoms with van der Waals surface area (Å²) in [5.41, 5.74) is 1.11. The predicted molar refractivity (Wildman–Crippen MR) is 71.6 cm³/mol. The Morgan fingerprint density at radius 3 is 3.11 bits per heavy atom. The third kappa shape index (κ3) is 3.25. The Kier molecular flexibility index (Phi) is 4.62. The number of para-hydroxylation sites is 1. The normalized spacial score (nSPS) is 18.4. The summed E-state index contributed by atoms with van der Waals surface area (Å²) in [7, 11) is 0. The monoisotopic (exact) mass is 247 g/mol. The molecule has 1 aromatic rings. The number of benzene rings is 1. The van der Waals surface area contributed by atoms with Crippen molar-refractivity contribution in [3.63, 3.8) is 0 Å². The third-order valence-corrected chi connectivity index (χ3v) is 3.28. The van der Waals surface area contributed by atoms with Gasteiger partial charge in [0.15, 0.2) is 0 Å². The Morgan fingerprint density at radius 2 is 2.28 bits per heavy atom. The first kappa shape index (κ1) is 12.9. The molecule has 1 heterocycles. The van der Waals surface area contributed by atoms with Crippen LogP contribution in [0.2, 0.25) is 0 Å². The van der Waals surface area contributed by atoms with Crippen LogP contribution in [0.1, 0.15) is 50.6 Å². The molecule has 0 aliphatic carbocycles. The van der Waals surface area contributed by atoms with E-state index >= 15 is 0 Å². The van der Waals surface area contributed by atoms with Crippen LogP contribution >= 0.6 is 0 Å². The van der Waals surface area contributed by atoms with E-state index in [0.29, 0.717) is 6.42 Å². The molecule has 0 saturated carbocycles. The van der Waals surface area contributed by atoms with Gasteiger partial charge in [-0.1, -0.05) is 31.5 Å². The van der Waals surface area contributed by atoms with E-state index in [2.05, 4.69) is 12.2 Å². The molecule has 0 fully saturated rings. The van der Waals surface area contributed by atoms with Crippen molar-refractivity contribution in [1.82, 2.24) is 5.32 Å². The molecule has 98 valence electrons. The van der Waals surface area contributed by atoms with Gasteiger partial charge in [-0.05, 0) is 25.3 Å². The molecular weight excluding hydrogens is 226 g/mol. The second-order valence-corrected chi connectivity index (χ2v) is 4.75. The number of ether oxygens (including phenoxy) is 1. The Morgan fingerprint density at radius 1 is 1.44 bits per heavy atom. The van der Waals surface area contributed by atoms with Crippen LogP contribution in [-0.2, 0) is 4.79 Å². The van der Waals surface area contributed by atoms with Gasteiger partial charge in [0.25, 0.3) is 0 Å². The van der Waals surface area contributed by atoms with Gasteiger partial charge in [-0.3, -0.25) is 4.79 Å². The third-order valence-electron chi connectivity index (χ3n) is 3.28. The molecule has 3 nitrogen and oxygen atoms in total. The first-order chi connectivity index (χ1) is 8.81. The second-order valence-electron chi connectivity index (χ2n) is 4.75. The highest BCUT2D eigenvalue weighted by molar-refractivity contribution is 5.76. The van der Waals surface area contributed by atoms with E-state index in [1.807, 2.05) is 24.3 Å².